The number of hydrogen-bond donors (Lipinski definition) is 4. The summed E-state index contributed by atoms with van der Waals surface area (Å²) in [7, 11) is -5.02. The summed E-state index contributed by atoms with van der Waals surface area (Å²) >= 11 is 0. The molecule has 0 aliphatic carbocycles. The van der Waals surface area contributed by atoms with E-state index in [9.17, 15) is 26.4 Å². The van der Waals surface area contributed by atoms with Gasteiger partial charge < -0.3 is 20.3 Å². The number of anilines is 3. The molecule has 15 heteroatoms. The number of primary amides is 1. The number of carbonyl (C=O) groups is 1. The maximum atomic E-state index is 13.2. The van der Waals surface area contributed by atoms with Crippen LogP contribution in [-0.2, 0) is 21.9 Å². The molecule has 11 nitrogen and oxygen atoms in total. The van der Waals surface area contributed by atoms with Crippen molar-refractivity contribution < 1.29 is 35.6 Å². The van der Waals surface area contributed by atoms with Crippen molar-refractivity contribution >= 4 is 33.3 Å². The molecule has 0 atom stereocenters. The van der Waals surface area contributed by atoms with Gasteiger partial charge in [0.1, 0.15) is 34.4 Å². The second-order valence-corrected chi connectivity index (χ2v) is 11.6. The Morgan fingerprint density at radius 3 is 2.46 bits per heavy atom. The normalized spacial score (nSPS) is 12.0. The average molecular weight is 593 g/mol. The molecule has 0 bridgehead atoms. The summed E-state index contributed by atoms with van der Waals surface area (Å²) in [5.74, 6) is -4.08. The third kappa shape index (κ3) is 6.98. The van der Waals surface area contributed by atoms with E-state index in [2.05, 4.69) is 20.7 Å². The number of rotatable bonds is 11. The van der Waals surface area contributed by atoms with E-state index in [4.69, 9.17) is 15.0 Å². The molecular weight excluding hydrogens is 565 g/mol. The van der Waals surface area contributed by atoms with Crippen molar-refractivity contribution in [1.82, 2.24) is 15.4 Å². The Bertz CT molecular complexity index is 1650. The van der Waals surface area contributed by atoms with E-state index in [0.29, 0.717) is 12.2 Å². The largest absolute Gasteiger partial charge is 0.491 e. The van der Waals surface area contributed by atoms with Crippen molar-refractivity contribution in [2.24, 2.45) is 5.73 Å². The summed E-state index contributed by atoms with van der Waals surface area (Å²) in [6.07, 6.45) is 0.294. The standard InChI is InChI=1S/C26H27F3N6O5S/c1-26(2,3)19-13-20(34-40-19)31-24-21(23(30)36)22(32-33-24)15-6-9-17(35-41(37,38)25(28)29)18(12-15)39-11-10-14-4-7-16(27)8-5-14/h4-9,12-13,25,35H,10-11H2,1-3H3,(H2,30,36)(H2,31,32,33,34). The molecule has 0 spiro atoms. The summed E-state index contributed by atoms with van der Waals surface area (Å²) in [4.78, 5) is 12.4. The van der Waals surface area contributed by atoms with Crippen molar-refractivity contribution in [2.75, 3.05) is 16.6 Å². The van der Waals surface area contributed by atoms with Gasteiger partial charge >= 0.3 is 5.76 Å². The van der Waals surface area contributed by atoms with E-state index in [-0.39, 0.29) is 51.9 Å². The fourth-order valence-electron chi connectivity index (χ4n) is 3.70. The minimum absolute atomic E-state index is 0.0171. The van der Waals surface area contributed by atoms with Crippen molar-refractivity contribution in [1.29, 1.82) is 0 Å². The number of nitrogens with two attached hydrogens (primary N) is 1. The van der Waals surface area contributed by atoms with Gasteiger partial charge in [0.05, 0.1) is 12.3 Å². The number of aromatic amines is 1. The van der Waals surface area contributed by atoms with Crippen molar-refractivity contribution in [2.45, 2.75) is 38.4 Å². The monoisotopic (exact) mass is 592 g/mol. The third-order valence-corrected chi connectivity index (χ3v) is 6.79. The third-order valence-electron chi connectivity index (χ3n) is 5.82. The smallest absolute Gasteiger partial charge is 0.355 e. The lowest BCUT2D eigenvalue weighted by Crippen LogP contribution is -2.21. The number of nitrogens with zero attached hydrogens (tertiary/aromatic N) is 2. The highest BCUT2D eigenvalue weighted by Gasteiger charge is 2.27. The molecule has 2 aromatic heterocycles. The Hall–Kier alpha value is -4.53. The second-order valence-electron chi connectivity index (χ2n) is 9.98. The van der Waals surface area contributed by atoms with Gasteiger partial charge in [0, 0.05) is 23.5 Å². The molecule has 0 fully saturated rings. The summed E-state index contributed by atoms with van der Waals surface area (Å²) < 4.78 is 76.0. The van der Waals surface area contributed by atoms with E-state index >= 15 is 0 Å². The maximum Gasteiger partial charge on any atom is 0.355 e. The minimum Gasteiger partial charge on any atom is -0.491 e. The maximum absolute atomic E-state index is 13.2. The fourth-order valence-corrected chi connectivity index (χ4v) is 4.26. The predicted molar refractivity (Wildman–Crippen MR) is 145 cm³/mol. The lowest BCUT2D eigenvalue weighted by atomic mass is 9.93. The van der Waals surface area contributed by atoms with Crippen molar-refractivity contribution in [3.63, 3.8) is 0 Å². The zero-order chi connectivity index (χ0) is 29.9. The van der Waals surface area contributed by atoms with Crippen LogP contribution in [0.2, 0.25) is 0 Å². The molecule has 4 rings (SSSR count). The number of ether oxygens (including phenoxy) is 1. The first kappa shape index (κ1) is 29.5. The van der Waals surface area contributed by atoms with Crippen LogP contribution in [0.1, 0.15) is 42.5 Å². The first-order chi connectivity index (χ1) is 19.2. The number of nitrogens with one attached hydrogen (secondary N) is 3. The molecule has 1 amide bonds. The molecule has 2 aromatic carbocycles. The van der Waals surface area contributed by atoms with Crippen molar-refractivity contribution in [3.8, 4) is 17.0 Å². The van der Waals surface area contributed by atoms with Gasteiger partial charge in [0.15, 0.2) is 5.82 Å². The molecule has 218 valence electrons. The Balaban J connectivity index is 1.66. The van der Waals surface area contributed by atoms with Gasteiger partial charge in [-0.15, -0.1) is 0 Å². The van der Waals surface area contributed by atoms with Crippen LogP contribution in [0, 0.1) is 5.82 Å². The number of amides is 1. The number of halogens is 3. The first-order valence-electron chi connectivity index (χ1n) is 12.2. The number of benzene rings is 2. The number of H-pyrrole nitrogens is 1. The van der Waals surface area contributed by atoms with Gasteiger partial charge in [-0.2, -0.15) is 13.9 Å². The Morgan fingerprint density at radius 1 is 1.15 bits per heavy atom. The van der Waals surface area contributed by atoms with E-state index in [1.54, 1.807) is 18.2 Å². The van der Waals surface area contributed by atoms with Crippen LogP contribution in [0.4, 0.5) is 30.5 Å². The van der Waals surface area contributed by atoms with Gasteiger partial charge in [-0.05, 0) is 29.8 Å². The summed E-state index contributed by atoms with van der Waals surface area (Å²) in [5, 5.41) is 13.7. The molecule has 4 aromatic rings. The van der Waals surface area contributed by atoms with Crippen LogP contribution < -0.4 is 20.5 Å². The Morgan fingerprint density at radius 2 is 1.85 bits per heavy atom. The number of aromatic nitrogens is 3. The predicted octanol–water partition coefficient (Wildman–Crippen LogP) is 4.93. The Kier molecular flexibility index (Phi) is 8.28. The quantitative estimate of drug-likeness (QED) is 0.190. The molecule has 0 unspecified atom stereocenters. The number of carbonyl (C=O) groups excluding carboxylic acids is 1. The van der Waals surface area contributed by atoms with E-state index < -0.39 is 27.5 Å². The first-order valence-corrected chi connectivity index (χ1v) is 13.7. The summed E-state index contributed by atoms with van der Waals surface area (Å²) in [5.41, 5.74) is 6.07. The molecule has 0 saturated heterocycles. The topological polar surface area (TPSA) is 165 Å². The zero-order valence-corrected chi connectivity index (χ0v) is 23.0. The molecule has 0 saturated carbocycles. The van der Waals surface area contributed by atoms with Crippen LogP contribution in [0.15, 0.2) is 53.1 Å². The van der Waals surface area contributed by atoms with Gasteiger partial charge in [0.25, 0.3) is 15.9 Å². The highest BCUT2D eigenvalue weighted by atomic mass is 32.2. The summed E-state index contributed by atoms with van der Waals surface area (Å²) in [6, 6.07) is 11.2. The van der Waals surface area contributed by atoms with Gasteiger partial charge in [-0.3, -0.25) is 14.6 Å². The number of alkyl halides is 2. The van der Waals surface area contributed by atoms with Crippen LogP contribution in [0.25, 0.3) is 11.3 Å². The SMILES string of the molecule is CC(C)(C)c1cc(Nc2[nH]nc(-c3ccc(NS(=O)(=O)C(F)F)c(OCCc4ccc(F)cc4)c3)c2C(N)=O)no1. The molecule has 0 radical (unpaired) electrons. The number of sulfonamides is 1. The minimum atomic E-state index is -5.02. The molecule has 0 aliphatic rings. The highest BCUT2D eigenvalue weighted by molar-refractivity contribution is 7.93. The Labute approximate surface area is 233 Å². The van der Waals surface area contributed by atoms with Crippen LogP contribution in [0.5, 0.6) is 5.75 Å². The van der Waals surface area contributed by atoms with E-state index in [1.165, 1.54) is 30.3 Å². The molecular formula is C26H27F3N6O5S. The molecule has 41 heavy (non-hydrogen) atoms. The number of hydrogen-bond acceptors (Lipinski definition) is 8. The van der Waals surface area contributed by atoms with Crippen molar-refractivity contribution in [3.05, 3.63) is 71.2 Å². The lowest BCUT2D eigenvalue weighted by molar-refractivity contribution is 0.100. The fraction of sp³-hybridized carbons (Fsp3) is 0.269. The van der Waals surface area contributed by atoms with Gasteiger partial charge in [-0.1, -0.05) is 44.1 Å². The molecule has 0 aliphatic heterocycles. The highest BCUT2D eigenvalue weighted by Crippen LogP contribution is 2.35. The van der Waals surface area contributed by atoms with Crippen LogP contribution in [-0.4, -0.2) is 42.0 Å². The molecule has 2 heterocycles. The van der Waals surface area contributed by atoms with Gasteiger partial charge in [-0.25, -0.2) is 12.8 Å². The van der Waals surface area contributed by atoms with Gasteiger partial charge in [0.2, 0.25) is 0 Å². The molecule has 5 N–H and O–H groups in total. The summed E-state index contributed by atoms with van der Waals surface area (Å²) in [6.45, 7) is 5.79. The average Bonchev–Trinajstić information content (AvgIpc) is 3.54. The second kappa shape index (κ2) is 11.5. The van der Waals surface area contributed by atoms with Crippen LogP contribution in [0.3, 0.4) is 0 Å². The zero-order valence-electron chi connectivity index (χ0n) is 22.2. The van der Waals surface area contributed by atoms with E-state index in [0.717, 1.165) is 5.56 Å². The van der Waals surface area contributed by atoms with E-state index in [1.807, 2.05) is 25.5 Å². The lowest BCUT2D eigenvalue weighted by Gasteiger charge is -2.15. The van der Waals surface area contributed by atoms with Crippen LogP contribution >= 0.6 is 0 Å².